The lowest BCUT2D eigenvalue weighted by atomic mass is 11.8. The van der Waals surface area contributed by atoms with Crippen LogP contribution in [-0.2, 0) is 8.49 Å². The minimum atomic E-state index is -1.39. The zero-order valence-electron chi connectivity index (χ0n) is 5.01. The van der Waals surface area contributed by atoms with E-state index in [0.717, 1.165) is 12.0 Å². The van der Waals surface area contributed by atoms with Crippen LogP contribution in [0.2, 0.25) is 0 Å². The van der Waals surface area contributed by atoms with Gasteiger partial charge in [-0.3, -0.25) is 3.97 Å². The van der Waals surface area contributed by atoms with Crippen LogP contribution in [0, 0.1) is 0 Å². The van der Waals surface area contributed by atoms with Crippen LogP contribution >= 0.6 is 20.6 Å². The molecule has 0 bridgehead atoms. The Bertz CT molecular complexity index is 116. The van der Waals surface area contributed by atoms with Gasteiger partial charge in [-0.15, -0.1) is 0 Å². The molecule has 0 radical (unpaired) electrons. The first-order chi connectivity index (χ1) is 4.35. The van der Waals surface area contributed by atoms with Gasteiger partial charge in [0.1, 0.15) is 0 Å². The lowest BCUT2D eigenvalue weighted by Gasteiger charge is -2.02. The molecule has 0 aliphatic rings. The first-order valence-electron chi connectivity index (χ1n) is 1.95. The Kier molecular flexibility index (Phi) is 6.14. The molecule has 0 N–H and O–H groups in total. The summed E-state index contributed by atoms with van der Waals surface area (Å²) in [6.07, 6.45) is 1.72. The highest BCUT2D eigenvalue weighted by Crippen LogP contribution is 2.42. The van der Waals surface area contributed by atoms with E-state index in [2.05, 4.69) is 14.3 Å². The molecule has 0 heterocycles. The van der Waals surface area contributed by atoms with E-state index < -0.39 is 8.53 Å². The predicted octanol–water partition coefficient (Wildman–Crippen LogP) is 2.46. The second-order valence-electron chi connectivity index (χ2n) is 0.840. The fourth-order valence-electron chi connectivity index (χ4n) is 0.178. The Hall–Kier alpha value is 0.0100. The summed E-state index contributed by atoms with van der Waals surface area (Å²) in [5, 5.41) is 0. The Labute approximate surface area is 58.5 Å². The third-order valence-corrected chi connectivity index (χ3v) is 2.05. The normalized spacial score (nSPS) is 12.2. The number of hydrogen-bond acceptors (Lipinski definition) is 4. The molecule has 0 amide bonds. The van der Waals surface area contributed by atoms with Gasteiger partial charge in [0.05, 0.1) is 0 Å². The van der Waals surface area contributed by atoms with Gasteiger partial charge in [-0.1, -0.05) is 0 Å². The van der Waals surface area contributed by atoms with Crippen LogP contribution in [0.3, 0.4) is 0 Å². The number of nitrogens with zero attached hydrogens (tertiary/aromatic N) is 3. The van der Waals surface area contributed by atoms with Crippen molar-refractivity contribution in [2.24, 2.45) is 4.88 Å². The molecule has 0 aromatic heterocycles. The van der Waals surface area contributed by atoms with Gasteiger partial charge in [-0.2, -0.15) is 0 Å². The number of rotatable bonds is 4. The van der Waals surface area contributed by atoms with Gasteiger partial charge in [0.2, 0.25) is 0 Å². The van der Waals surface area contributed by atoms with Gasteiger partial charge in [0.15, 0.2) is 0 Å². The van der Waals surface area contributed by atoms with Crippen molar-refractivity contribution in [2.75, 3.05) is 13.4 Å². The molecule has 0 rings (SSSR count). The van der Waals surface area contributed by atoms with E-state index >= 15 is 0 Å². The summed E-state index contributed by atoms with van der Waals surface area (Å²) in [6, 6.07) is 0. The SMILES string of the molecule is COP(N=[N+]=[N-])OSC. The van der Waals surface area contributed by atoms with Crippen molar-refractivity contribution in [3.63, 3.8) is 0 Å². The molecule has 0 aliphatic heterocycles. The Morgan fingerprint density at radius 3 is 2.78 bits per heavy atom. The topological polar surface area (TPSA) is 67.2 Å². The minimum Gasteiger partial charge on any atom is -0.332 e. The molecule has 0 spiro atoms. The molecule has 0 aromatic rings. The average Bonchev–Trinajstić information content (AvgIpc) is 1.88. The summed E-state index contributed by atoms with van der Waals surface area (Å²) >= 11 is 1.11. The number of hydrogen-bond donors (Lipinski definition) is 0. The third kappa shape index (κ3) is 4.51. The zero-order valence-corrected chi connectivity index (χ0v) is 6.72. The molecule has 5 nitrogen and oxygen atoms in total. The van der Waals surface area contributed by atoms with Gasteiger partial charge >= 0.3 is 0 Å². The summed E-state index contributed by atoms with van der Waals surface area (Å²) in [5.74, 6) is 0. The summed E-state index contributed by atoms with van der Waals surface area (Å²) in [6.45, 7) is 0. The van der Waals surface area contributed by atoms with E-state index in [-0.39, 0.29) is 0 Å². The fourth-order valence-corrected chi connectivity index (χ4v) is 1.19. The largest absolute Gasteiger partial charge is 0.332 e. The first-order valence-corrected chi connectivity index (χ1v) is 4.23. The second kappa shape index (κ2) is 6.13. The monoisotopic (exact) mass is 167 g/mol. The smallest absolute Gasteiger partial charge is 0.277 e. The van der Waals surface area contributed by atoms with Crippen LogP contribution in [0.1, 0.15) is 0 Å². The van der Waals surface area contributed by atoms with Gasteiger partial charge in [0, 0.05) is 18.3 Å². The van der Waals surface area contributed by atoms with Crippen molar-refractivity contribution in [1.82, 2.24) is 0 Å². The fraction of sp³-hybridized carbons (Fsp3) is 1.00. The van der Waals surface area contributed by atoms with E-state index in [1.807, 2.05) is 0 Å². The highest BCUT2D eigenvalue weighted by atomic mass is 32.2. The molecule has 52 valence electrons. The highest BCUT2D eigenvalue weighted by Gasteiger charge is 2.02. The number of azide groups is 1. The molecule has 0 aromatic carbocycles. The lowest BCUT2D eigenvalue weighted by Crippen LogP contribution is -1.71. The van der Waals surface area contributed by atoms with Gasteiger partial charge in [0.25, 0.3) is 8.53 Å². The highest BCUT2D eigenvalue weighted by molar-refractivity contribution is 7.97. The van der Waals surface area contributed by atoms with E-state index in [4.69, 9.17) is 9.50 Å². The predicted molar refractivity (Wildman–Crippen MR) is 37.7 cm³/mol. The molecule has 7 heteroatoms. The summed E-state index contributed by atoms with van der Waals surface area (Å²) in [4.78, 5) is 5.73. The van der Waals surface area contributed by atoms with Crippen LogP contribution in [0.5, 0.6) is 0 Å². The zero-order chi connectivity index (χ0) is 7.11. The van der Waals surface area contributed by atoms with Crippen molar-refractivity contribution in [3.8, 4) is 0 Å². The molecule has 1 unspecified atom stereocenters. The molecule has 0 fully saturated rings. The van der Waals surface area contributed by atoms with E-state index in [1.165, 1.54) is 7.11 Å². The van der Waals surface area contributed by atoms with Crippen LogP contribution in [0.4, 0.5) is 0 Å². The van der Waals surface area contributed by atoms with Crippen LogP contribution in [0.15, 0.2) is 4.88 Å². The van der Waals surface area contributed by atoms with Crippen molar-refractivity contribution in [3.05, 3.63) is 10.4 Å². The van der Waals surface area contributed by atoms with Gasteiger partial charge < -0.3 is 4.52 Å². The first kappa shape index (κ1) is 9.01. The third-order valence-electron chi connectivity index (χ3n) is 0.408. The van der Waals surface area contributed by atoms with E-state index in [0.29, 0.717) is 0 Å². The van der Waals surface area contributed by atoms with Crippen molar-refractivity contribution in [1.29, 1.82) is 0 Å². The summed E-state index contributed by atoms with van der Waals surface area (Å²) in [7, 11) is 0.0398. The Morgan fingerprint density at radius 1 is 1.78 bits per heavy atom. The van der Waals surface area contributed by atoms with Gasteiger partial charge in [-0.25, -0.2) is 0 Å². The summed E-state index contributed by atoms with van der Waals surface area (Å²) in [5.41, 5.74) is 7.90. The molecule has 0 aliphatic carbocycles. The Morgan fingerprint density at radius 2 is 2.44 bits per heavy atom. The quantitative estimate of drug-likeness (QED) is 0.212. The maximum atomic E-state index is 7.90. The molecule has 9 heavy (non-hydrogen) atoms. The van der Waals surface area contributed by atoms with Crippen LogP contribution in [-0.4, -0.2) is 13.4 Å². The minimum absolute atomic E-state index is 1.11. The second-order valence-corrected chi connectivity index (χ2v) is 2.79. The van der Waals surface area contributed by atoms with Crippen LogP contribution in [0.25, 0.3) is 10.4 Å². The molecular formula is C2H6N3O2PS. The van der Waals surface area contributed by atoms with Gasteiger partial charge in [-0.05, 0) is 22.5 Å². The Balaban J connectivity index is 3.53. The standard InChI is InChI=1S/C2H6N3O2PS/c1-6-8(5-4-3)7-9-2/h1-2H3. The van der Waals surface area contributed by atoms with Crippen LogP contribution < -0.4 is 0 Å². The molecule has 0 saturated carbocycles. The van der Waals surface area contributed by atoms with Crippen molar-refractivity contribution < 1.29 is 8.49 Å². The lowest BCUT2D eigenvalue weighted by molar-refractivity contribution is 0.412. The molecule has 0 saturated heterocycles. The molecule has 1 atom stereocenters. The van der Waals surface area contributed by atoms with E-state index in [1.54, 1.807) is 6.26 Å². The average molecular weight is 167 g/mol. The van der Waals surface area contributed by atoms with E-state index in [9.17, 15) is 0 Å². The van der Waals surface area contributed by atoms with Crippen molar-refractivity contribution >= 4 is 20.6 Å². The maximum Gasteiger partial charge on any atom is 0.277 e. The van der Waals surface area contributed by atoms with Crippen molar-refractivity contribution in [2.45, 2.75) is 0 Å². The summed E-state index contributed by atoms with van der Waals surface area (Å²) < 4.78 is 9.40. The maximum absolute atomic E-state index is 7.90. The molecular weight excluding hydrogens is 161 g/mol.